The summed E-state index contributed by atoms with van der Waals surface area (Å²) in [5.74, 6) is 2.03. The molecule has 100 valence electrons. The maximum atomic E-state index is 5.78. The van der Waals surface area contributed by atoms with Crippen LogP contribution < -0.4 is 11.1 Å². The Kier molecular flexibility index (Phi) is 4.28. The van der Waals surface area contributed by atoms with Gasteiger partial charge in [-0.1, -0.05) is 13.0 Å². The standard InChI is InChI=1S/C14H19N5/c1-3-5-13-18-12(15)8-14(19-13)16-9-11-7-4-6-10(2)17-11/h4,6-8H,3,5,9H2,1-2H3,(H3,15,16,18,19). The molecule has 0 amide bonds. The normalized spacial score (nSPS) is 10.4. The number of hydrogen-bond donors (Lipinski definition) is 2. The Morgan fingerprint density at radius 2 is 2.05 bits per heavy atom. The first-order valence-electron chi connectivity index (χ1n) is 6.47. The lowest BCUT2D eigenvalue weighted by Crippen LogP contribution is -2.07. The number of nitrogens with one attached hydrogen (secondary N) is 1. The number of nitrogen functional groups attached to an aromatic ring is 1. The summed E-state index contributed by atoms with van der Waals surface area (Å²) in [7, 11) is 0. The summed E-state index contributed by atoms with van der Waals surface area (Å²) in [5, 5.41) is 3.23. The van der Waals surface area contributed by atoms with E-state index in [-0.39, 0.29) is 0 Å². The van der Waals surface area contributed by atoms with Crippen LogP contribution in [0.2, 0.25) is 0 Å². The molecule has 0 aliphatic heterocycles. The van der Waals surface area contributed by atoms with Crippen LogP contribution in [0.5, 0.6) is 0 Å². The molecule has 0 radical (unpaired) electrons. The number of nitrogens with two attached hydrogens (primary N) is 1. The van der Waals surface area contributed by atoms with Crippen LogP contribution in [0.15, 0.2) is 24.3 Å². The highest BCUT2D eigenvalue weighted by atomic mass is 15.1. The Bertz CT molecular complexity index is 553. The van der Waals surface area contributed by atoms with Gasteiger partial charge in [-0.25, -0.2) is 9.97 Å². The lowest BCUT2D eigenvalue weighted by molar-refractivity contribution is 0.835. The summed E-state index contributed by atoms with van der Waals surface area (Å²) in [6.45, 7) is 4.70. The number of anilines is 2. The van der Waals surface area contributed by atoms with Gasteiger partial charge < -0.3 is 11.1 Å². The summed E-state index contributed by atoms with van der Waals surface area (Å²) >= 11 is 0. The van der Waals surface area contributed by atoms with E-state index in [1.54, 1.807) is 6.07 Å². The monoisotopic (exact) mass is 257 g/mol. The average molecular weight is 257 g/mol. The van der Waals surface area contributed by atoms with Crippen LogP contribution in [0, 0.1) is 6.92 Å². The number of rotatable bonds is 5. The molecular formula is C14H19N5. The summed E-state index contributed by atoms with van der Waals surface area (Å²) in [6.07, 6.45) is 1.84. The molecule has 2 heterocycles. The number of aromatic nitrogens is 3. The van der Waals surface area contributed by atoms with Crippen LogP contribution in [0.3, 0.4) is 0 Å². The molecule has 2 rings (SSSR count). The van der Waals surface area contributed by atoms with Gasteiger partial charge in [-0.3, -0.25) is 4.98 Å². The lowest BCUT2D eigenvalue weighted by Gasteiger charge is -2.08. The first-order valence-corrected chi connectivity index (χ1v) is 6.47. The van der Waals surface area contributed by atoms with E-state index in [0.29, 0.717) is 12.4 Å². The van der Waals surface area contributed by atoms with Gasteiger partial charge >= 0.3 is 0 Å². The molecule has 0 spiro atoms. The van der Waals surface area contributed by atoms with Crippen LogP contribution >= 0.6 is 0 Å². The molecule has 5 heteroatoms. The Morgan fingerprint density at radius 3 is 2.79 bits per heavy atom. The van der Waals surface area contributed by atoms with Crippen molar-refractivity contribution in [3.8, 4) is 0 Å². The molecule has 19 heavy (non-hydrogen) atoms. The van der Waals surface area contributed by atoms with Crippen molar-refractivity contribution in [2.45, 2.75) is 33.2 Å². The van der Waals surface area contributed by atoms with Gasteiger partial charge in [-0.2, -0.15) is 0 Å². The van der Waals surface area contributed by atoms with Crippen LogP contribution in [0.1, 0.15) is 30.6 Å². The van der Waals surface area contributed by atoms with Gasteiger partial charge in [0.2, 0.25) is 0 Å². The predicted molar refractivity (Wildman–Crippen MR) is 76.7 cm³/mol. The van der Waals surface area contributed by atoms with E-state index >= 15 is 0 Å². The molecule has 2 aromatic heterocycles. The fourth-order valence-electron chi connectivity index (χ4n) is 1.82. The average Bonchev–Trinajstić information content (AvgIpc) is 2.36. The Labute approximate surface area is 113 Å². The fraction of sp³-hybridized carbons (Fsp3) is 0.357. The van der Waals surface area contributed by atoms with Gasteiger partial charge in [0.15, 0.2) is 0 Å². The summed E-state index contributed by atoms with van der Waals surface area (Å²) < 4.78 is 0. The fourth-order valence-corrected chi connectivity index (χ4v) is 1.82. The van der Waals surface area contributed by atoms with Crippen molar-refractivity contribution in [2.75, 3.05) is 11.1 Å². The minimum atomic E-state index is 0.498. The zero-order valence-electron chi connectivity index (χ0n) is 11.3. The van der Waals surface area contributed by atoms with E-state index < -0.39 is 0 Å². The van der Waals surface area contributed by atoms with Crippen molar-refractivity contribution in [3.63, 3.8) is 0 Å². The van der Waals surface area contributed by atoms with Gasteiger partial charge in [0.1, 0.15) is 17.5 Å². The molecule has 0 aliphatic carbocycles. The second-order valence-electron chi connectivity index (χ2n) is 4.47. The summed E-state index contributed by atoms with van der Waals surface area (Å²) in [4.78, 5) is 13.1. The van der Waals surface area contributed by atoms with Crippen molar-refractivity contribution in [3.05, 3.63) is 41.5 Å². The van der Waals surface area contributed by atoms with Crippen molar-refractivity contribution >= 4 is 11.6 Å². The molecule has 0 saturated carbocycles. The first-order chi connectivity index (χ1) is 9.17. The molecule has 0 aliphatic rings. The van der Waals surface area contributed by atoms with E-state index in [4.69, 9.17) is 5.73 Å². The molecule has 0 atom stereocenters. The van der Waals surface area contributed by atoms with Gasteiger partial charge in [-0.15, -0.1) is 0 Å². The Morgan fingerprint density at radius 1 is 1.21 bits per heavy atom. The molecule has 0 aromatic carbocycles. The largest absolute Gasteiger partial charge is 0.384 e. The number of nitrogens with zero attached hydrogens (tertiary/aromatic N) is 3. The Hall–Kier alpha value is -2.17. The molecule has 0 fully saturated rings. The highest BCUT2D eigenvalue weighted by molar-refractivity contribution is 5.44. The highest BCUT2D eigenvalue weighted by Gasteiger charge is 2.02. The third-order valence-corrected chi connectivity index (χ3v) is 2.66. The van der Waals surface area contributed by atoms with Gasteiger partial charge in [0, 0.05) is 18.2 Å². The van der Waals surface area contributed by atoms with E-state index in [2.05, 4.69) is 27.2 Å². The van der Waals surface area contributed by atoms with E-state index in [1.807, 2.05) is 25.1 Å². The zero-order chi connectivity index (χ0) is 13.7. The second kappa shape index (κ2) is 6.13. The van der Waals surface area contributed by atoms with E-state index in [1.165, 1.54) is 0 Å². The minimum absolute atomic E-state index is 0.498. The quantitative estimate of drug-likeness (QED) is 0.859. The molecule has 0 unspecified atom stereocenters. The first kappa shape index (κ1) is 13.3. The van der Waals surface area contributed by atoms with Crippen molar-refractivity contribution in [2.24, 2.45) is 0 Å². The van der Waals surface area contributed by atoms with E-state index in [0.717, 1.165) is 35.9 Å². The SMILES string of the molecule is CCCc1nc(N)cc(NCc2cccc(C)n2)n1. The molecule has 3 N–H and O–H groups in total. The Balaban J connectivity index is 2.06. The minimum Gasteiger partial charge on any atom is -0.384 e. The van der Waals surface area contributed by atoms with Crippen molar-refractivity contribution in [1.29, 1.82) is 0 Å². The van der Waals surface area contributed by atoms with Crippen molar-refractivity contribution in [1.82, 2.24) is 15.0 Å². The van der Waals surface area contributed by atoms with Crippen LogP contribution in [-0.2, 0) is 13.0 Å². The van der Waals surface area contributed by atoms with Gasteiger partial charge in [-0.05, 0) is 25.5 Å². The molecular weight excluding hydrogens is 238 g/mol. The topological polar surface area (TPSA) is 76.7 Å². The van der Waals surface area contributed by atoms with Crippen molar-refractivity contribution < 1.29 is 0 Å². The molecule has 2 aromatic rings. The predicted octanol–water partition coefficient (Wildman–Crippen LogP) is 2.33. The van der Waals surface area contributed by atoms with Crippen LogP contribution in [0.25, 0.3) is 0 Å². The second-order valence-corrected chi connectivity index (χ2v) is 4.47. The molecule has 5 nitrogen and oxygen atoms in total. The molecule has 0 bridgehead atoms. The third kappa shape index (κ3) is 3.91. The van der Waals surface area contributed by atoms with Gasteiger partial charge in [0.25, 0.3) is 0 Å². The maximum absolute atomic E-state index is 5.78. The summed E-state index contributed by atoms with van der Waals surface area (Å²) in [6, 6.07) is 7.70. The lowest BCUT2D eigenvalue weighted by atomic mass is 10.3. The number of pyridine rings is 1. The van der Waals surface area contributed by atoms with E-state index in [9.17, 15) is 0 Å². The number of aryl methyl sites for hydroxylation is 2. The summed E-state index contributed by atoms with van der Waals surface area (Å²) in [5.41, 5.74) is 7.76. The third-order valence-electron chi connectivity index (χ3n) is 2.66. The van der Waals surface area contributed by atoms with Gasteiger partial charge in [0.05, 0.1) is 12.2 Å². The molecule has 0 saturated heterocycles. The van der Waals surface area contributed by atoms with Crippen LogP contribution in [-0.4, -0.2) is 15.0 Å². The zero-order valence-corrected chi connectivity index (χ0v) is 11.3. The number of hydrogen-bond acceptors (Lipinski definition) is 5. The highest BCUT2D eigenvalue weighted by Crippen LogP contribution is 2.11. The van der Waals surface area contributed by atoms with Crippen LogP contribution in [0.4, 0.5) is 11.6 Å². The smallest absolute Gasteiger partial charge is 0.133 e. The maximum Gasteiger partial charge on any atom is 0.133 e.